The molecule has 1 fully saturated rings. The number of carbonyl (C=O) groups excluding carboxylic acids is 3. The van der Waals surface area contributed by atoms with E-state index in [4.69, 9.17) is 4.42 Å². The molecule has 2 aromatic carbocycles. The van der Waals surface area contributed by atoms with Crippen LogP contribution in [0.3, 0.4) is 0 Å². The molecule has 34 heavy (non-hydrogen) atoms. The number of nitrogens with one attached hydrogen (secondary N) is 2. The van der Waals surface area contributed by atoms with Crippen LogP contribution in [0.2, 0.25) is 0 Å². The van der Waals surface area contributed by atoms with E-state index in [1.807, 2.05) is 41.0 Å². The van der Waals surface area contributed by atoms with Crippen LogP contribution >= 0.6 is 31.9 Å². The number of fused-ring (bicyclic) bond motifs is 1. The SMILES string of the molecule is O=C1NC(=O)C(=Cc2cn(-c3ccccc3)nc2-c2cc3cc(Br)c(Br)cc3oc2=O)C(=O)N1. The number of para-hydroxylation sites is 1. The van der Waals surface area contributed by atoms with Crippen LogP contribution < -0.4 is 16.3 Å². The van der Waals surface area contributed by atoms with Gasteiger partial charge < -0.3 is 4.42 Å². The van der Waals surface area contributed by atoms with Crippen molar-refractivity contribution >= 4 is 66.8 Å². The molecule has 5 rings (SSSR count). The fraction of sp³-hybridized carbons (Fsp3) is 0. The monoisotopic (exact) mass is 582 g/mol. The van der Waals surface area contributed by atoms with Gasteiger partial charge in [0, 0.05) is 26.1 Å². The largest absolute Gasteiger partial charge is 0.422 e. The summed E-state index contributed by atoms with van der Waals surface area (Å²) in [5.41, 5.74) is 0.757. The van der Waals surface area contributed by atoms with E-state index in [1.54, 1.807) is 24.4 Å². The molecule has 0 unspecified atom stereocenters. The second-order valence-electron chi connectivity index (χ2n) is 7.26. The molecule has 4 amide bonds. The van der Waals surface area contributed by atoms with Crippen LogP contribution in [-0.4, -0.2) is 27.6 Å². The van der Waals surface area contributed by atoms with Crippen molar-refractivity contribution < 1.29 is 18.8 Å². The summed E-state index contributed by atoms with van der Waals surface area (Å²) in [6.07, 6.45) is 2.86. The number of benzene rings is 2. The minimum atomic E-state index is -0.903. The molecular formula is C23H12Br2N4O5. The Kier molecular flexibility index (Phi) is 5.50. The third kappa shape index (κ3) is 3.99. The minimum absolute atomic E-state index is 0.135. The van der Waals surface area contributed by atoms with E-state index in [2.05, 4.69) is 37.0 Å². The van der Waals surface area contributed by atoms with Crippen LogP contribution in [0.25, 0.3) is 34.0 Å². The maximum absolute atomic E-state index is 12.9. The van der Waals surface area contributed by atoms with Crippen molar-refractivity contribution in [2.75, 3.05) is 0 Å². The molecule has 1 aliphatic heterocycles. The average molecular weight is 584 g/mol. The standard InChI is InChI=1S/C23H12Br2N4O5/c24-16-8-11-6-14(22(32)34-18(11)9-17(16)25)19-12(7-15-20(30)26-23(33)27-21(15)31)10-29(28-19)13-4-2-1-3-5-13/h1-10H,(H2,26,27,30,31,33). The lowest BCUT2D eigenvalue weighted by molar-refractivity contribution is -0.123. The lowest BCUT2D eigenvalue weighted by Gasteiger charge is -2.13. The van der Waals surface area contributed by atoms with Crippen LogP contribution in [-0.2, 0) is 9.59 Å². The zero-order chi connectivity index (χ0) is 24.0. The predicted molar refractivity (Wildman–Crippen MR) is 130 cm³/mol. The number of aromatic nitrogens is 2. The number of nitrogens with zero attached hydrogens (tertiary/aromatic N) is 2. The van der Waals surface area contributed by atoms with E-state index in [0.29, 0.717) is 22.2 Å². The van der Waals surface area contributed by atoms with Crippen LogP contribution in [0.4, 0.5) is 4.79 Å². The number of amides is 4. The number of barbiturate groups is 1. The zero-order valence-electron chi connectivity index (χ0n) is 17.0. The molecule has 0 saturated carbocycles. The summed E-state index contributed by atoms with van der Waals surface area (Å²) < 4.78 is 8.52. The topological polar surface area (TPSA) is 123 Å². The van der Waals surface area contributed by atoms with Gasteiger partial charge in [-0.05, 0) is 68.3 Å². The first-order valence-corrected chi connectivity index (χ1v) is 11.4. The van der Waals surface area contributed by atoms with Crippen LogP contribution in [0, 0.1) is 0 Å². The Hall–Kier alpha value is -3.83. The molecule has 3 heterocycles. The van der Waals surface area contributed by atoms with E-state index in [1.165, 1.54) is 10.8 Å². The maximum atomic E-state index is 12.9. The number of carbonyl (C=O) groups is 3. The summed E-state index contributed by atoms with van der Waals surface area (Å²) in [5.74, 6) is -1.71. The molecule has 9 nitrogen and oxygen atoms in total. The van der Waals surface area contributed by atoms with Crippen LogP contribution in [0.15, 0.2) is 78.5 Å². The number of urea groups is 1. The summed E-state index contributed by atoms with van der Waals surface area (Å²) in [5, 5.41) is 9.24. The quantitative estimate of drug-likeness (QED) is 0.214. The van der Waals surface area contributed by atoms with Crippen molar-refractivity contribution in [3.05, 3.63) is 85.2 Å². The summed E-state index contributed by atoms with van der Waals surface area (Å²) in [6.45, 7) is 0. The smallest absolute Gasteiger partial charge is 0.345 e. The van der Waals surface area contributed by atoms with Gasteiger partial charge in [-0.25, -0.2) is 14.3 Å². The molecule has 0 atom stereocenters. The highest BCUT2D eigenvalue weighted by molar-refractivity contribution is 9.13. The van der Waals surface area contributed by atoms with Crippen molar-refractivity contribution in [3.8, 4) is 16.9 Å². The highest BCUT2D eigenvalue weighted by Gasteiger charge is 2.29. The van der Waals surface area contributed by atoms with Gasteiger partial charge in [0.2, 0.25) is 0 Å². The number of rotatable bonds is 3. The maximum Gasteiger partial charge on any atom is 0.345 e. The van der Waals surface area contributed by atoms with E-state index >= 15 is 0 Å². The van der Waals surface area contributed by atoms with E-state index < -0.39 is 23.5 Å². The number of halogens is 2. The zero-order valence-corrected chi connectivity index (χ0v) is 20.1. The Morgan fingerprint density at radius 2 is 1.59 bits per heavy atom. The lowest BCUT2D eigenvalue weighted by atomic mass is 10.0. The van der Waals surface area contributed by atoms with Gasteiger partial charge in [-0.15, -0.1) is 0 Å². The number of hydrogen-bond acceptors (Lipinski definition) is 6. The van der Waals surface area contributed by atoms with Crippen LogP contribution in [0.5, 0.6) is 0 Å². The average Bonchev–Trinajstić information content (AvgIpc) is 3.21. The third-order valence-corrected chi connectivity index (χ3v) is 6.88. The summed E-state index contributed by atoms with van der Waals surface area (Å²) in [4.78, 5) is 48.9. The fourth-order valence-electron chi connectivity index (χ4n) is 3.46. The Labute approximate surface area is 207 Å². The molecule has 0 bridgehead atoms. The van der Waals surface area contributed by atoms with Gasteiger partial charge in [0.25, 0.3) is 11.8 Å². The molecule has 0 radical (unpaired) electrons. The highest BCUT2D eigenvalue weighted by Crippen LogP contribution is 2.31. The van der Waals surface area contributed by atoms with Crippen molar-refractivity contribution in [2.24, 2.45) is 0 Å². The van der Waals surface area contributed by atoms with Crippen molar-refractivity contribution in [1.29, 1.82) is 0 Å². The van der Waals surface area contributed by atoms with Gasteiger partial charge in [0.1, 0.15) is 16.9 Å². The molecule has 1 aliphatic rings. The van der Waals surface area contributed by atoms with E-state index in [0.717, 1.165) is 8.95 Å². The predicted octanol–water partition coefficient (Wildman–Crippen LogP) is 3.92. The van der Waals surface area contributed by atoms with Crippen molar-refractivity contribution in [2.45, 2.75) is 0 Å². The molecule has 2 N–H and O–H groups in total. The summed E-state index contributed by atoms with van der Waals surface area (Å²) in [7, 11) is 0. The second-order valence-corrected chi connectivity index (χ2v) is 8.97. The first kappa shape index (κ1) is 22.0. The van der Waals surface area contributed by atoms with E-state index in [-0.39, 0.29) is 16.8 Å². The van der Waals surface area contributed by atoms with Gasteiger partial charge >= 0.3 is 11.7 Å². The van der Waals surface area contributed by atoms with Crippen molar-refractivity contribution in [3.63, 3.8) is 0 Å². The fourth-order valence-corrected chi connectivity index (χ4v) is 4.14. The molecular weight excluding hydrogens is 572 g/mol. The van der Waals surface area contributed by atoms with Gasteiger partial charge in [-0.1, -0.05) is 18.2 Å². The van der Waals surface area contributed by atoms with Gasteiger partial charge in [0.15, 0.2) is 0 Å². The molecule has 0 aliphatic carbocycles. The Balaban J connectivity index is 1.73. The molecule has 0 spiro atoms. The minimum Gasteiger partial charge on any atom is -0.422 e. The van der Waals surface area contributed by atoms with E-state index in [9.17, 15) is 19.2 Å². The molecule has 11 heteroatoms. The first-order chi connectivity index (χ1) is 16.3. The highest BCUT2D eigenvalue weighted by atomic mass is 79.9. The summed E-state index contributed by atoms with van der Waals surface area (Å²) >= 11 is 6.82. The third-order valence-electron chi connectivity index (χ3n) is 5.04. The normalized spacial score (nSPS) is 13.7. The summed E-state index contributed by atoms with van der Waals surface area (Å²) in [6, 6.07) is 13.3. The Morgan fingerprint density at radius 1 is 0.912 bits per heavy atom. The molecule has 4 aromatic rings. The van der Waals surface area contributed by atoms with Crippen molar-refractivity contribution in [1.82, 2.24) is 20.4 Å². The van der Waals surface area contributed by atoms with Gasteiger partial charge in [0.05, 0.1) is 11.3 Å². The Morgan fingerprint density at radius 3 is 2.29 bits per heavy atom. The van der Waals surface area contributed by atoms with Gasteiger partial charge in [-0.3, -0.25) is 20.2 Å². The lowest BCUT2D eigenvalue weighted by Crippen LogP contribution is -2.51. The van der Waals surface area contributed by atoms with Crippen LogP contribution in [0.1, 0.15) is 5.56 Å². The number of hydrogen-bond donors (Lipinski definition) is 2. The molecule has 1 saturated heterocycles. The van der Waals surface area contributed by atoms with Gasteiger partial charge in [-0.2, -0.15) is 5.10 Å². The Bertz CT molecular complexity index is 1580. The second kappa shape index (κ2) is 8.50. The number of imide groups is 2. The molecule has 2 aromatic heterocycles. The first-order valence-electron chi connectivity index (χ1n) is 9.77. The molecule has 168 valence electrons.